The van der Waals surface area contributed by atoms with Crippen molar-refractivity contribution in [3.8, 4) is 0 Å². The van der Waals surface area contributed by atoms with E-state index in [0.29, 0.717) is 19.3 Å². The van der Waals surface area contributed by atoms with E-state index in [1.54, 1.807) is 0 Å². The molecule has 1 atom stereocenters. The van der Waals surface area contributed by atoms with E-state index < -0.39 is 12.1 Å². The average molecular weight is 1120 g/mol. The Balaban J connectivity index is 4.43. The molecular formula is C75H122O6. The fourth-order valence-corrected chi connectivity index (χ4v) is 8.90. The SMILES string of the molecule is CC/C=C\C/C=C\C/C=C\C/C=C\C/C=C\C/C=C\CCC(=O)OC(COC(=O)CCCCCCCCC/C=C\C/C=C\CCCCC)COC(=O)CCCCCCCCCCCCCCCC/C=C\C/C=C\C/C=C\C/C=C\CC. The smallest absolute Gasteiger partial charge is 0.306 e. The number of ether oxygens (including phenoxy) is 3. The quantitative estimate of drug-likeness (QED) is 0.0261. The molecule has 0 amide bonds. The number of carbonyl (C=O) groups excluding carboxylic acids is 3. The highest BCUT2D eigenvalue weighted by Crippen LogP contribution is 2.16. The Morgan fingerprint density at radius 2 is 0.506 bits per heavy atom. The van der Waals surface area contributed by atoms with Crippen molar-refractivity contribution >= 4 is 17.9 Å². The Morgan fingerprint density at radius 1 is 0.259 bits per heavy atom. The van der Waals surface area contributed by atoms with Gasteiger partial charge in [0.1, 0.15) is 13.2 Å². The van der Waals surface area contributed by atoms with E-state index >= 15 is 0 Å². The number of carbonyl (C=O) groups is 3. The van der Waals surface area contributed by atoms with Crippen LogP contribution in [0.4, 0.5) is 0 Å². The predicted octanol–water partition coefficient (Wildman–Crippen LogP) is 23.1. The van der Waals surface area contributed by atoms with Crippen LogP contribution in [0.3, 0.4) is 0 Å². The van der Waals surface area contributed by atoms with E-state index in [1.807, 2.05) is 6.08 Å². The van der Waals surface area contributed by atoms with Crippen LogP contribution in [0.2, 0.25) is 0 Å². The minimum Gasteiger partial charge on any atom is -0.462 e. The van der Waals surface area contributed by atoms with Gasteiger partial charge >= 0.3 is 17.9 Å². The summed E-state index contributed by atoms with van der Waals surface area (Å²) in [5.41, 5.74) is 0. The fraction of sp³-hybridized carbons (Fsp3) is 0.640. The van der Waals surface area contributed by atoms with Crippen LogP contribution >= 0.6 is 0 Å². The second-order valence-electron chi connectivity index (χ2n) is 21.6. The van der Waals surface area contributed by atoms with Crippen LogP contribution in [0.5, 0.6) is 0 Å². The van der Waals surface area contributed by atoms with E-state index in [4.69, 9.17) is 14.2 Å². The molecule has 0 aliphatic rings. The van der Waals surface area contributed by atoms with Gasteiger partial charge in [0, 0.05) is 19.3 Å². The molecule has 1 unspecified atom stereocenters. The van der Waals surface area contributed by atoms with Gasteiger partial charge in [0.05, 0.1) is 0 Å². The summed E-state index contributed by atoms with van der Waals surface area (Å²) in [4.78, 5) is 38.4. The van der Waals surface area contributed by atoms with Crippen LogP contribution in [0.15, 0.2) is 146 Å². The number of esters is 3. The molecule has 0 N–H and O–H groups in total. The van der Waals surface area contributed by atoms with Crippen molar-refractivity contribution in [2.24, 2.45) is 0 Å². The maximum absolute atomic E-state index is 12.9. The summed E-state index contributed by atoms with van der Waals surface area (Å²) < 4.78 is 16.9. The molecule has 0 aromatic heterocycles. The average Bonchev–Trinajstić information content (AvgIpc) is 3.47. The van der Waals surface area contributed by atoms with Crippen LogP contribution in [0.1, 0.15) is 290 Å². The first kappa shape index (κ1) is 76.3. The molecular weight excluding hydrogens is 997 g/mol. The lowest BCUT2D eigenvalue weighted by Crippen LogP contribution is -2.30. The van der Waals surface area contributed by atoms with Crippen molar-refractivity contribution < 1.29 is 28.6 Å². The number of allylic oxidation sites excluding steroid dienone is 24. The van der Waals surface area contributed by atoms with E-state index in [-0.39, 0.29) is 31.6 Å². The third kappa shape index (κ3) is 66.0. The second kappa shape index (κ2) is 67.8. The zero-order valence-corrected chi connectivity index (χ0v) is 52.5. The van der Waals surface area contributed by atoms with Crippen molar-refractivity contribution in [1.82, 2.24) is 0 Å². The zero-order valence-electron chi connectivity index (χ0n) is 52.5. The maximum atomic E-state index is 12.9. The molecule has 0 saturated heterocycles. The molecule has 6 nitrogen and oxygen atoms in total. The van der Waals surface area contributed by atoms with E-state index in [0.717, 1.165) is 116 Å². The molecule has 458 valence electrons. The van der Waals surface area contributed by atoms with Gasteiger partial charge in [-0.05, 0) is 128 Å². The summed E-state index contributed by atoms with van der Waals surface area (Å²) in [6, 6.07) is 0. The predicted molar refractivity (Wildman–Crippen MR) is 352 cm³/mol. The summed E-state index contributed by atoms with van der Waals surface area (Å²) in [6.45, 7) is 6.33. The number of unbranched alkanes of at least 4 members (excludes halogenated alkanes) is 24. The van der Waals surface area contributed by atoms with E-state index in [2.05, 4.69) is 161 Å². The Bertz CT molecular complexity index is 1760. The van der Waals surface area contributed by atoms with Crippen LogP contribution in [-0.4, -0.2) is 37.2 Å². The Labute approximate surface area is 499 Å². The zero-order chi connectivity index (χ0) is 58.5. The number of hydrogen-bond donors (Lipinski definition) is 0. The lowest BCUT2D eigenvalue weighted by molar-refractivity contribution is -0.166. The van der Waals surface area contributed by atoms with Gasteiger partial charge in [-0.3, -0.25) is 14.4 Å². The van der Waals surface area contributed by atoms with Gasteiger partial charge in [0.2, 0.25) is 0 Å². The summed E-state index contributed by atoms with van der Waals surface area (Å²) in [7, 11) is 0. The molecule has 0 aromatic carbocycles. The molecule has 0 heterocycles. The molecule has 0 aromatic rings. The third-order valence-corrected chi connectivity index (χ3v) is 13.8. The molecule has 0 rings (SSSR count). The highest BCUT2D eigenvalue weighted by atomic mass is 16.6. The van der Waals surface area contributed by atoms with Gasteiger partial charge in [-0.15, -0.1) is 0 Å². The molecule has 0 bridgehead atoms. The van der Waals surface area contributed by atoms with Gasteiger partial charge in [0.25, 0.3) is 0 Å². The first-order valence-electron chi connectivity index (χ1n) is 33.3. The molecule has 0 radical (unpaired) electrons. The highest BCUT2D eigenvalue weighted by Gasteiger charge is 2.19. The molecule has 0 aliphatic carbocycles. The maximum Gasteiger partial charge on any atom is 0.306 e. The molecule has 0 spiro atoms. The van der Waals surface area contributed by atoms with Crippen molar-refractivity contribution in [3.63, 3.8) is 0 Å². The first-order chi connectivity index (χ1) is 40.0. The van der Waals surface area contributed by atoms with Crippen molar-refractivity contribution in [3.05, 3.63) is 146 Å². The van der Waals surface area contributed by atoms with Crippen LogP contribution in [0, 0.1) is 0 Å². The first-order valence-corrected chi connectivity index (χ1v) is 33.3. The minimum atomic E-state index is -0.829. The van der Waals surface area contributed by atoms with Gasteiger partial charge < -0.3 is 14.2 Å². The molecule has 0 fully saturated rings. The normalized spacial score (nSPS) is 13.1. The summed E-state index contributed by atoms with van der Waals surface area (Å²) in [5.74, 6) is -1.00. The molecule has 0 saturated carbocycles. The van der Waals surface area contributed by atoms with Crippen molar-refractivity contribution in [2.45, 2.75) is 297 Å². The van der Waals surface area contributed by atoms with Gasteiger partial charge in [-0.25, -0.2) is 0 Å². The fourth-order valence-electron chi connectivity index (χ4n) is 8.90. The molecule has 6 heteroatoms. The topological polar surface area (TPSA) is 78.9 Å². The van der Waals surface area contributed by atoms with Crippen LogP contribution in [-0.2, 0) is 28.6 Å². The Kier molecular flexibility index (Phi) is 63.9. The monoisotopic (exact) mass is 1120 g/mol. The van der Waals surface area contributed by atoms with Gasteiger partial charge in [0.15, 0.2) is 6.10 Å². The third-order valence-electron chi connectivity index (χ3n) is 13.8. The van der Waals surface area contributed by atoms with Gasteiger partial charge in [-0.2, -0.15) is 0 Å². The van der Waals surface area contributed by atoms with E-state index in [9.17, 15) is 14.4 Å². The van der Waals surface area contributed by atoms with Crippen LogP contribution < -0.4 is 0 Å². The number of rotatable bonds is 59. The Hall–Kier alpha value is -4.71. The summed E-state index contributed by atoms with van der Waals surface area (Å²) in [5, 5.41) is 0. The summed E-state index contributed by atoms with van der Waals surface area (Å²) >= 11 is 0. The lowest BCUT2D eigenvalue weighted by Gasteiger charge is -2.18. The van der Waals surface area contributed by atoms with Gasteiger partial charge in [-0.1, -0.05) is 289 Å². The summed E-state index contributed by atoms with van der Waals surface area (Å²) in [6.07, 6.45) is 97.3. The number of hydrogen-bond acceptors (Lipinski definition) is 6. The van der Waals surface area contributed by atoms with Crippen molar-refractivity contribution in [1.29, 1.82) is 0 Å². The lowest BCUT2D eigenvalue weighted by atomic mass is 10.0. The molecule has 81 heavy (non-hydrogen) atoms. The minimum absolute atomic E-state index is 0.115. The standard InChI is InChI=1S/C75H122O6/c1-4-7-10-13-16-19-22-25-28-31-33-34-35-36-37-38-39-40-42-44-47-50-53-56-59-62-65-68-74(77)80-71-72(70-79-73(76)67-64-61-58-55-52-49-46-43-30-27-24-21-18-15-12-9-6-3)81-75(78)69-66-63-60-57-54-51-48-45-41-32-29-26-23-20-17-14-11-8-5-2/h7-8,10-11,16-21,25-30,33-34,41,45,51,54,60,63,72H,4-6,9,12-15,22-24,31-32,35-40,42-44,46-50,52-53,55-59,61-62,64-71H2,1-3H3/b10-7-,11-8-,19-16-,20-17-,21-18-,28-25-,29-26-,30-27-,34-33-,45-41-,54-51-,63-60-. The Morgan fingerprint density at radius 3 is 0.802 bits per heavy atom. The van der Waals surface area contributed by atoms with Crippen molar-refractivity contribution in [2.75, 3.05) is 13.2 Å². The van der Waals surface area contributed by atoms with E-state index in [1.165, 1.54) is 128 Å². The van der Waals surface area contributed by atoms with Crippen LogP contribution in [0.25, 0.3) is 0 Å². The highest BCUT2D eigenvalue weighted by molar-refractivity contribution is 5.71. The largest absolute Gasteiger partial charge is 0.462 e. The second-order valence-corrected chi connectivity index (χ2v) is 21.6. The molecule has 0 aliphatic heterocycles.